The SMILES string of the molecule is C[C@H]1c2c(Cl)cc(Cl)cc2CCN1C(=O)[C@H]1CN(c2cncc3cnccc23)CCO1. The first-order valence-electron chi connectivity index (χ1n) is 10.4. The zero-order valence-electron chi connectivity index (χ0n) is 17.1. The number of ether oxygens (including phenoxy) is 1. The van der Waals surface area contributed by atoms with Gasteiger partial charge in [0.15, 0.2) is 6.10 Å². The number of fused-ring (bicyclic) bond motifs is 2. The molecule has 4 heterocycles. The molecule has 0 aliphatic carbocycles. The molecule has 6 nitrogen and oxygen atoms in total. The fraction of sp³-hybridized carbons (Fsp3) is 0.348. The molecule has 8 heteroatoms. The molecule has 1 aromatic carbocycles. The van der Waals surface area contributed by atoms with Gasteiger partial charge in [-0.3, -0.25) is 14.8 Å². The van der Waals surface area contributed by atoms with Crippen LogP contribution in [-0.4, -0.2) is 53.1 Å². The molecular formula is C23H22Cl2N4O2. The summed E-state index contributed by atoms with van der Waals surface area (Å²) in [6.45, 7) is 4.29. The number of halogens is 2. The number of hydrogen-bond donors (Lipinski definition) is 0. The second-order valence-corrected chi connectivity index (χ2v) is 8.82. The molecule has 160 valence electrons. The number of hydrogen-bond acceptors (Lipinski definition) is 5. The van der Waals surface area contributed by atoms with Crippen molar-refractivity contribution >= 4 is 45.6 Å². The maximum atomic E-state index is 13.5. The Hall–Kier alpha value is -2.41. The number of anilines is 1. The molecule has 0 N–H and O–H groups in total. The minimum Gasteiger partial charge on any atom is -0.365 e. The van der Waals surface area contributed by atoms with E-state index in [0.29, 0.717) is 36.3 Å². The van der Waals surface area contributed by atoms with E-state index in [2.05, 4.69) is 14.9 Å². The molecule has 1 amide bonds. The zero-order valence-corrected chi connectivity index (χ0v) is 18.6. The van der Waals surface area contributed by atoms with E-state index in [9.17, 15) is 4.79 Å². The van der Waals surface area contributed by atoms with Gasteiger partial charge in [0, 0.05) is 52.5 Å². The molecule has 5 rings (SSSR count). The third kappa shape index (κ3) is 3.73. The fourth-order valence-electron chi connectivity index (χ4n) is 4.66. The van der Waals surface area contributed by atoms with E-state index in [4.69, 9.17) is 27.9 Å². The van der Waals surface area contributed by atoms with Gasteiger partial charge >= 0.3 is 0 Å². The first-order chi connectivity index (χ1) is 15.0. The Kier molecular flexibility index (Phi) is 5.46. The Balaban J connectivity index is 1.39. The number of carbonyl (C=O) groups excluding carboxylic acids is 1. The fourth-order valence-corrected chi connectivity index (χ4v) is 5.35. The molecule has 0 radical (unpaired) electrons. The van der Waals surface area contributed by atoms with Gasteiger partial charge in [0.1, 0.15) is 0 Å². The van der Waals surface area contributed by atoms with Crippen LogP contribution in [0.1, 0.15) is 24.1 Å². The number of amides is 1. The van der Waals surface area contributed by atoms with E-state index >= 15 is 0 Å². The lowest BCUT2D eigenvalue weighted by Gasteiger charge is -2.40. The number of nitrogens with zero attached hydrogens (tertiary/aromatic N) is 4. The molecule has 0 spiro atoms. The largest absolute Gasteiger partial charge is 0.365 e. The lowest BCUT2D eigenvalue weighted by Crippen LogP contribution is -2.53. The molecule has 0 bridgehead atoms. The Labute approximate surface area is 190 Å². The molecule has 3 aromatic rings. The second-order valence-electron chi connectivity index (χ2n) is 7.98. The highest BCUT2D eigenvalue weighted by atomic mass is 35.5. The van der Waals surface area contributed by atoms with Gasteiger partial charge in [-0.25, -0.2) is 0 Å². The predicted octanol–water partition coefficient (Wildman–Crippen LogP) is 4.29. The number of carbonyl (C=O) groups is 1. The van der Waals surface area contributed by atoms with E-state index in [1.54, 1.807) is 24.7 Å². The third-order valence-corrected chi connectivity index (χ3v) is 6.72. The van der Waals surface area contributed by atoms with Crippen molar-refractivity contribution in [2.24, 2.45) is 0 Å². The summed E-state index contributed by atoms with van der Waals surface area (Å²) in [6, 6.07) is 5.54. The Morgan fingerprint density at radius 1 is 1.16 bits per heavy atom. The lowest BCUT2D eigenvalue weighted by atomic mass is 9.93. The molecule has 0 saturated carbocycles. The standard InChI is InChI=1S/C23H22Cl2N4O2/c1-14-22-15(8-17(24)9-19(22)25)3-5-29(14)23(30)21-13-28(6-7-31-21)20-12-27-11-16-10-26-4-2-18(16)20/h2,4,8-12,14,21H,3,5-7,13H2,1H3/t14-,21+/m0/s1. The summed E-state index contributed by atoms with van der Waals surface area (Å²) in [5.74, 6) is -0.0104. The Bertz CT molecular complexity index is 1150. The van der Waals surface area contributed by atoms with E-state index < -0.39 is 6.10 Å². The quantitative estimate of drug-likeness (QED) is 0.575. The smallest absolute Gasteiger partial charge is 0.254 e. The molecule has 31 heavy (non-hydrogen) atoms. The van der Waals surface area contributed by atoms with Crippen molar-refractivity contribution in [1.29, 1.82) is 0 Å². The molecule has 2 atom stereocenters. The van der Waals surface area contributed by atoms with Crippen molar-refractivity contribution in [2.45, 2.75) is 25.5 Å². The van der Waals surface area contributed by atoms with Crippen LogP contribution in [0.5, 0.6) is 0 Å². The van der Waals surface area contributed by atoms with Crippen LogP contribution in [0.2, 0.25) is 10.0 Å². The molecule has 1 saturated heterocycles. The van der Waals surface area contributed by atoms with Crippen molar-refractivity contribution in [3.8, 4) is 0 Å². The Morgan fingerprint density at radius 2 is 2.00 bits per heavy atom. The molecular weight excluding hydrogens is 435 g/mol. The predicted molar refractivity (Wildman–Crippen MR) is 122 cm³/mol. The summed E-state index contributed by atoms with van der Waals surface area (Å²) < 4.78 is 5.92. The molecule has 2 aliphatic rings. The van der Waals surface area contributed by atoms with Crippen LogP contribution in [0.3, 0.4) is 0 Å². The monoisotopic (exact) mass is 456 g/mol. The van der Waals surface area contributed by atoms with Gasteiger partial charge in [-0.1, -0.05) is 23.2 Å². The summed E-state index contributed by atoms with van der Waals surface area (Å²) in [6.07, 6.45) is 7.41. The van der Waals surface area contributed by atoms with Crippen LogP contribution in [0.25, 0.3) is 10.8 Å². The topological polar surface area (TPSA) is 58.6 Å². The van der Waals surface area contributed by atoms with E-state index in [-0.39, 0.29) is 11.9 Å². The minimum atomic E-state index is -0.541. The summed E-state index contributed by atoms with van der Waals surface area (Å²) in [4.78, 5) is 26.1. The number of benzene rings is 1. The first kappa shape index (κ1) is 20.5. The number of morpholine rings is 1. The van der Waals surface area contributed by atoms with Crippen LogP contribution < -0.4 is 4.90 Å². The first-order valence-corrected chi connectivity index (χ1v) is 11.1. The van der Waals surface area contributed by atoms with E-state index in [1.807, 2.05) is 30.2 Å². The number of aromatic nitrogens is 2. The third-order valence-electron chi connectivity index (χ3n) is 6.19. The van der Waals surface area contributed by atoms with Crippen molar-refractivity contribution in [3.63, 3.8) is 0 Å². The van der Waals surface area contributed by atoms with Gasteiger partial charge in [-0.05, 0) is 42.7 Å². The number of pyridine rings is 2. The van der Waals surface area contributed by atoms with Crippen molar-refractivity contribution in [2.75, 3.05) is 31.1 Å². The summed E-state index contributed by atoms with van der Waals surface area (Å²) in [5.41, 5.74) is 3.08. The zero-order chi connectivity index (χ0) is 21.5. The Morgan fingerprint density at radius 3 is 2.87 bits per heavy atom. The van der Waals surface area contributed by atoms with Gasteiger partial charge < -0.3 is 14.5 Å². The highest BCUT2D eigenvalue weighted by Crippen LogP contribution is 2.37. The van der Waals surface area contributed by atoms with Gasteiger partial charge in [0.2, 0.25) is 0 Å². The second kappa shape index (κ2) is 8.26. The molecule has 1 fully saturated rings. The van der Waals surface area contributed by atoms with Crippen molar-refractivity contribution in [3.05, 3.63) is 64.2 Å². The minimum absolute atomic E-state index is 0.0104. The van der Waals surface area contributed by atoms with Gasteiger partial charge in [-0.15, -0.1) is 0 Å². The van der Waals surface area contributed by atoms with Crippen molar-refractivity contribution in [1.82, 2.24) is 14.9 Å². The normalized spacial score (nSPS) is 21.3. The maximum absolute atomic E-state index is 13.5. The molecule has 0 unspecified atom stereocenters. The number of rotatable bonds is 2. The summed E-state index contributed by atoms with van der Waals surface area (Å²) in [5, 5.41) is 3.28. The highest BCUT2D eigenvalue weighted by molar-refractivity contribution is 6.35. The van der Waals surface area contributed by atoms with Gasteiger partial charge in [0.05, 0.1) is 31.1 Å². The average Bonchev–Trinajstić information content (AvgIpc) is 2.78. The van der Waals surface area contributed by atoms with Crippen LogP contribution in [0, 0.1) is 0 Å². The summed E-state index contributed by atoms with van der Waals surface area (Å²) in [7, 11) is 0. The molecule has 2 aromatic heterocycles. The average molecular weight is 457 g/mol. The van der Waals surface area contributed by atoms with E-state index in [0.717, 1.165) is 34.0 Å². The van der Waals surface area contributed by atoms with Crippen LogP contribution in [-0.2, 0) is 16.0 Å². The highest BCUT2D eigenvalue weighted by Gasteiger charge is 2.36. The van der Waals surface area contributed by atoms with E-state index in [1.165, 1.54) is 0 Å². The lowest BCUT2D eigenvalue weighted by molar-refractivity contribution is -0.147. The van der Waals surface area contributed by atoms with Gasteiger partial charge in [-0.2, -0.15) is 0 Å². The van der Waals surface area contributed by atoms with Crippen LogP contribution in [0.15, 0.2) is 43.0 Å². The van der Waals surface area contributed by atoms with Crippen molar-refractivity contribution < 1.29 is 9.53 Å². The van der Waals surface area contributed by atoms with Crippen LogP contribution in [0.4, 0.5) is 5.69 Å². The maximum Gasteiger partial charge on any atom is 0.254 e. The molecule has 2 aliphatic heterocycles. The van der Waals surface area contributed by atoms with Gasteiger partial charge in [0.25, 0.3) is 5.91 Å². The van der Waals surface area contributed by atoms with Crippen LogP contribution >= 0.6 is 23.2 Å². The summed E-state index contributed by atoms with van der Waals surface area (Å²) >= 11 is 12.6.